The molecule has 0 aliphatic heterocycles. The zero-order chi connectivity index (χ0) is 31.5. The molecule has 0 N–H and O–H groups in total. The molecule has 6 aromatic rings. The normalized spacial score (nSPS) is 11.6. The topological polar surface area (TPSA) is 172 Å². The summed E-state index contributed by atoms with van der Waals surface area (Å²) in [5.74, 6) is 0.184. The van der Waals surface area contributed by atoms with Crippen LogP contribution in [0.25, 0.3) is 46.1 Å². The average molecular weight is 601 g/mol. The zero-order valence-electron chi connectivity index (χ0n) is 23.2. The number of hydrogen-bond acceptors (Lipinski definition) is 10. The van der Waals surface area contributed by atoms with E-state index in [1.54, 1.807) is 60.7 Å². The van der Waals surface area contributed by atoms with Gasteiger partial charge in [0.15, 0.2) is 0 Å². The zero-order valence-corrected chi connectivity index (χ0v) is 23.2. The maximum absolute atomic E-state index is 12.8. The molecule has 0 amide bonds. The molecule has 0 spiro atoms. The van der Waals surface area contributed by atoms with Crippen LogP contribution in [0.2, 0.25) is 0 Å². The van der Waals surface area contributed by atoms with E-state index in [2.05, 4.69) is 9.97 Å². The number of non-ortho nitro benzene ring substituents is 2. The minimum absolute atomic E-state index is 0.0255. The summed E-state index contributed by atoms with van der Waals surface area (Å²) >= 11 is 0. The van der Waals surface area contributed by atoms with Gasteiger partial charge in [0, 0.05) is 36.4 Å². The second kappa shape index (κ2) is 12.0. The van der Waals surface area contributed by atoms with Crippen LogP contribution >= 0.6 is 0 Å². The molecule has 0 unspecified atom stereocenters. The third-order valence-electron chi connectivity index (χ3n) is 6.87. The van der Waals surface area contributed by atoms with Gasteiger partial charge in [0.25, 0.3) is 11.4 Å². The molecule has 0 saturated carbocycles. The highest BCUT2D eigenvalue weighted by molar-refractivity contribution is 5.81. The maximum atomic E-state index is 12.8. The number of nitro benzene ring substituents is 2. The summed E-state index contributed by atoms with van der Waals surface area (Å²) in [5.41, 5.74) is 2.64. The van der Waals surface area contributed by atoms with Crippen LogP contribution in [0.5, 0.6) is 0 Å². The predicted octanol–water partition coefficient (Wildman–Crippen LogP) is 6.44. The van der Waals surface area contributed by atoms with Crippen LogP contribution in [0, 0.1) is 20.2 Å². The molecular formula is C33H20N4O8. The van der Waals surface area contributed by atoms with E-state index < -0.39 is 21.1 Å². The molecule has 4 aromatic carbocycles. The molecule has 0 saturated heterocycles. The van der Waals surface area contributed by atoms with Crippen molar-refractivity contribution in [3.8, 4) is 0 Å². The van der Waals surface area contributed by atoms with E-state index in [0.29, 0.717) is 39.4 Å². The Kier molecular flexibility index (Phi) is 7.60. The Labute approximate surface area is 252 Å². The summed E-state index contributed by atoms with van der Waals surface area (Å²) in [4.78, 5) is 55.0. The highest BCUT2D eigenvalue weighted by Crippen LogP contribution is 2.20. The Morgan fingerprint density at radius 1 is 0.578 bits per heavy atom. The van der Waals surface area contributed by atoms with Crippen molar-refractivity contribution in [1.82, 2.24) is 9.97 Å². The molecule has 220 valence electrons. The first-order valence-electron chi connectivity index (χ1n) is 13.4. The van der Waals surface area contributed by atoms with Gasteiger partial charge >= 0.3 is 11.3 Å². The summed E-state index contributed by atoms with van der Waals surface area (Å²) in [6.45, 7) is 0. The van der Waals surface area contributed by atoms with Crippen molar-refractivity contribution in [2.24, 2.45) is 0 Å². The summed E-state index contributed by atoms with van der Waals surface area (Å²) in [7, 11) is 0. The number of hydrogen-bond donors (Lipinski definition) is 0. The second-order valence-corrected chi connectivity index (χ2v) is 9.92. The number of nitro groups is 2. The quantitative estimate of drug-likeness (QED) is 0.140. The van der Waals surface area contributed by atoms with Gasteiger partial charge in [-0.3, -0.25) is 20.2 Å². The van der Waals surface area contributed by atoms with Gasteiger partial charge in [-0.2, -0.15) is 0 Å². The fraction of sp³-hybridized carbons (Fsp3) is 0.0303. The van der Waals surface area contributed by atoms with Gasteiger partial charge in [-0.15, -0.1) is 0 Å². The van der Waals surface area contributed by atoms with Crippen LogP contribution in [0.3, 0.4) is 0 Å². The molecule has 2 heterocycles. The summed E-state index contributed by atoms with van der Waals surface area (Å²) in [6, 6.07) is 22.3. The number of benzene rings is 4. The van der Waals surface area contributed by atoms with Crippen molar-refractivity contribution in [3.63, 3.8) is 0 Å². The van der Waals surface area contributed by atoms with Crippen molar-refractivity contribution in [3.05, 3.63) is 160 Å². The van der Waals surface area contributed by atoms with Crippen molar-refractivity contribution in [1.29, 1.82) is 0 Å². The number of nitrogens with zero attached hydrogens (tertiary/aromatic N) is 4. The van der Waals surface area contributed by atoms with Crippen LogP contribution < -0.4 is 11.3 Å². The molecule has 45 heavy (non-hydrogen) atoms. The number of rotatable bonds is 8. The third-order valence-corrected chi connectivity index (χ3v) is 6.87. The predicted molar refractivity (Wildman–Crippen MR) is 167 cm³/mol. The third kappa shape index (κ3) is 6.44. The molecule has 0 bridgehead atoms. The Morgan fingerprint density at radius 3 is 1.36 bits per heavy atom. The first-order valence-corrected chi connectivity index (χ1v) is 13.4. The first-order chi connectivity index (χ1) is 21.7. The van der Waals surface area contributed by atoms with Crippen molar-refractivity contribution in [2.45, 2.75) is 6.42 Å². The minimum Gasteiger partial charge on any atom is -0.404 e. The van der Waals surface area contributed by atoms with Gasteiger partial charge in [0.1, 0.15) is 0 Å². The van der Waals surface area contributed by atoms with Gasteiger partial charge in [-0.25, -0.2) is 19.6 Å². The smallest absolute Gasteiger partial charge is 0.347 e. The second-order valence-electron chi connectivity index (χ2n) is 9.92. The van der Waals surface area contributed by atoms with Crippen LogP contribution in [-0.4, -0.2) is 19.8 Å². The molecular weight excluding hydrogens is 580 g/mol. The summed E-state index contributed by atoms with van der Waals surface area (Å²) < 4.78 is 10.7. The van der Waals surface area contributed by atoms with Crippen LogP contribution in [0.4, 0.5) is 11.4 Å². The first kappa shape index (κ1) is 28.6. The molecule has 0 fully saturated rings. The molecule has 0 radical (unpaired) electrons. The molecule has 0 aliphatic rings. The van der Waals surface area contributed by atoms with Gasteiger partial charge in [0.05, 0.1) is 31.7 Å². The number of fused-ring (bicyclic) bond motifs is 2. The lowest BCUT2D eigenvalue weighted by Gasteiger charge is -2.05. The maximum Gasteiger partial charge on any atom is 0.347 e. The fourth-order valence-electron chi connectivity index (χ4n) is 4.62. The van der Waals surface area contributed by atoms with Gasteiger partial charge in [-0.1, -0.05) is 12.1 Å². The largest absolute Gasteiger partial charge is 0.404 e. The highest BCUT2D eigenvalue weighted by Gasteiger charge is 2.10. The molecule has 0 aliphatic carbocycles. The molecule has 6 rings (SSSR count). The Bertz CT molecular complexity index is 2120. The molecule has 12 nitrogen and oxygen atoms in total. The lowest BCUT2D eigenvalue weighted by Crippen LogP contribution is -2.05. The van der Waals surface area contributed by atoms with Crippen LogP contribution in [0.1, 0.15) is 34.0 Å². The van der Waals surface area contributed by atoms with Crippen LogP contribution in [0.15, 0.2) is 103 Å². The molecule has 12 heteroatoms. The Balaban J connectivity index is 1.19. The Morgan fingerprint density at radius 2 is 0.978 bits per heavy atom. The standard InChI is InChI=1S/C33H20N4O8/c38-32-26-18-22(5-13-28(26)34-30(44-32)15-7-20-1-9-24(10-2-20)36(40)41)17-23-6-14-29-27(19-23)33(39)45-31(35-29)16-8-21-3-11-25(12-4-21)37(42)43/h1-16,18-19H,17H2/b15-7+,16-8+. The Hall–Kier alpha value is -6.56. The van der Waals surface area contributed by atoms with E-state index >= 15 is 0 Å². The van der Waals surface area contributed by atoms with E-state index in [0.717, 1.165) is 11.1 Å². The van der Waals surface area contributed by atoms with E-state index in [4.69, 9.17) is 8.83 Å². The van der Waals surface area contributed by atoms with Crippen LogP contribution in [-0.2, 0) is 6.42 Å². The van der Waals surface area contributed by atoms with E-state index in [1.165, 1.54) is 36.4 Å². The number of aromatic nitrogens is 2. The monoisotopic (exact) mass is 600 g/mol. The fourth-order valence-corrected chi connectivity index (χ4v) is 4.62. The van der Waals surface area contributed by atoms with Crippen molar-refractivity contribution in [2.75, 3.05) is 0 Å². The minimum atomic E-state index is -0.567. The SMILES string of the molecule is O=c1oc(/C=C/c2ccc([N+](=O)[O-])cc2)nc2ccc(Cc3ccc4nc(/C=C/c5ccc([N+](=O)[O-])cc5)oc(=O)c4c3)cc12. The van der Waals surface area contributed by atoms with Crippen molar-refractivity contribution >= 4 is 57.5 Å². The highest BCUT2D eigenvalue weighted by atomic mass is 16.6. The summed E-state index contributed by atoms with van der Waals surface area (Å²) in [5, 5.41) is 22.3. The van der Waals surface area contributed by atoms with E-state index in [1.807, 2.05) is 12.1 Å². The molecule has 0 atom stereocenters. The average Bonchev–Trinajstić information content (AvgIpc) is 3.04. The van der Waals surface area contributed by atoms with E-state index in [-0.39, 0.29) is 23.2 Å². The van der Waals surface area contributed by atoms with Gasteiger partial charge < -0.3 is 8.83 Å². The lowest BCUT2D eigenvalue weighted by molar-refractivity contribution is -0.385. The van der Waals surface area contributed by atoms with Crippen molar-refractivity contribution < 1.29 is 18.7 Å². The summed E-state index contributed by atoms with van der Waals surface area (Å²) in [6.07, 6.45) is 6.72. The van der Waals surface area contributed by atoms with Gasteiger partial charge in [0.2, 0.25) is 11.8 Å². The molecule has 2 aromatic heterocycles. The van der Waals surface area contributed by atoms with Gasteiger partial charge in [-0.05, 0) is 89.4 Å². The lowest BCUT2D eigenvalue weighted by atomic mass is 10.0. The van der Waals surface area contributed by atoms with E-state index in [9.17, 15) is 29.8 Å².